The van der Waals surface area contributed by atoms with Crippen LogP contribution in [-0.2, 0) is 20.9 Å². The van der Waals surface area contributed by atoms with Gasteiger partial charge < -0.3 is 19.9 Å². The van der Waals surface area contributed by atoms with Crippen molar-refractivity contribution in [3.05, 3.63) is 57.8 Å². The summed E-state index contributed by atoms with van der Waals surface area (Å²) in [6.45, 7) is 8.13. The predicted octanol–water partition coefficient (Wildman–Crippen LogP) is 4.43. The van der Waals surface area contributed by atoms with Gasteiger partial charge in [0, 0.05) is 81.3 Å². The fourth-order valence-electron chi connectivity index (χ4n) is 8.28. The van der Waals surface area contributed by atoms with Crippen molar-refractivity contribution >= 4 is 73.9 Å². The van der Waals surface area contributed by atoms with Crippen LogP contribution in [0.3, 0.4) is 0 Å². The highest BCUT2D eigenvalue weighted by atomic mass is 79.9. The molecule has 7 heterocycles. The summed E-state index contributed by atoms with van der Waals surface area (Å²) in [5.74, 6) is 0.930. The third kappa shape index (κ3) is 7.23. The molecule has 1 aromatic carbocycles. The molecular weight excluding hydrogens is 782 g/mol. The van der Waals surface area contributed by atoms with Gasteiger partial charge in [-0.25, -0.2) is 9.97 Å². The lowest BCUT2D eigenvalue weighted by Crippen LogP contribution is -2.54. The summed E-state index contributed by atoms with van der Waals surface area (Å²) in [6.07, 6.45) is 7.85. The average molecular weight is 829 g/mol. The van der Waals surface area contributed by atoms with Crippen molar-refractivity contribution < 1.29 is 23.9 Å². The summed E-state index contributed by atoms with van der Waals surface area (Å²) in [6, 6.07) is 6.74. The van der Waals surface area contributed by atoms with Crippen LogP contribution in [0.15, 0.2) is 41.1 Å². The monoisotopic (exact) mass is 827 g/mol. The zero-order chi connectivity index (χ0) is 39.2. The first-order valence-corrected chi connectivity index (χ1v) is 20.0. The summed E-state index contributed by atoms with van der Waals surface area (Å²) >= 11 is 3.64. The Morgan fingerprint density at radius 3 is 2.36 bits per heavy atom. The number of hydrogen-bond acceptors (Lipinski definition) is 13. The Morgan fingerprint density at radius 1 is 0.946 bits per heavy atom. The van der Waals surface area contributed by atoms with Gasteiger partial charge in [-0.1, -0.05) is 15.9 Å². The highest BCUT2D eigenvalue weighted by Gasteiger charge is 2.45. The van der Waals surface area contributed by atoms with E-state index >= 15 is 0 Å². The molecule has 2 N–H and O–H groups in total. The number of rotatable bonds is 10. The second kappa shape index (κ2) is 15.5. The lowest BCUT2D eigenvalue weighted by atomic mass is 10.0. The van der Waals surface area contributed by atoms with E-state index in [2.05, 4.69) is 71.8 Å². The van der Waals surface area contributed by atoms with Gasteiger partial charge in [0.25, 0.3) is 11.8 Å². The van der Waals surface area contributed by atoms with E-state index in [1.807, 2.05) is 18.3 Å². The summed E-state index contributed by atoms with van der Waals surface area (Å²) in [4.78, 5) is 72.9. The van der Waals surface area contributed by atoms with Crippen LogP contribution >= 0.6 is 15.9 Å². The minimum atomic E-state index is -0.998. The first kappa shape index (κ1) is 37.9. The van der Waals surface area contributed by atoms with Crippen LogP contribution in [0.5, 0.6) is 0 Å². The third-order valence-corrected chi connectivity index (χ3v) is 12.2. The molecule has 0 bridgehead atoms. The Balaban J connectivity index is 0.926. The van der Waals surface area contributed by atoms with Crippen LogP contribution in [0.25, 0.3) is 10.9 Å². The van der Waals surface area contributed by atoms with E-state index < -0.39 is 29.7 Å². The number of piperidine rings is 3. The number of carbonyl (C=O) groups is 4. The Kier molecular flexibility index (Phi) is 10.5. The summed E-state index contributed by atoms with van der Waals surface area (Å²) < 4.78 is 8.30. The molecule has 0 spiro atoms. The van der Waals surface area contributed by atoms with Gasteiger partial charge in [-0.3, -0.25) is 39.0 Å². The number of pyridine rings is 1. The third-order valence-electron chi connectivity index (χ3n) is 11.4. The van der Waals surface area contributed by atoms with Crippen LogP contribution < -0.4 is 20.4 Å². The summed E-state index contributed by atoms with van der Waals surface area (Å²) in [5, 5.41) is 11.7. The maximum absolute atomic E-state index is 13.5. The molecule has 1 unspecified atom stereocenters. The molecule has 8 rings (SSSR count). The van der Waals surface area contributed by atoms with Gasteiger partial charge in [-0.05, 0) is 76.8 Å². The van der Waals surface area contributed by atoms with Crippen LogP contribution in [0.4, 0.5) is 23.4 Å². The number of hydrogen-bond donors (Lipinski definition) is 2. The van der Waals surface area contributed by atoms with E-state index in [1.165, 1.54) is 0 Å². The maximum Gasteiger partial charge on any atom is 0.262 e. The maximum atomic E-state index is 13.5. The Bertz CT molecular complexity index is 2190. The molecule has 17 heteroatoms. The van der Waals surface area contributed by atoms with Gasteiger partial charge in [-0.15, -0.1) is 0 Å². The number of methoxy groups -OCH3 is 1. The van der Waals surface area contributed by atoms with Gasteiger partial charge >= 0.3 is 0 Å². The van der Waals surface area contributed by atoms with Crippen molar-refractivity contribution in [1.82, 2.24) is 39.8 Å². The molecule has 0 saturated carbocycles. The van der Waals surface area contributed by atoms with Gasteiger partial charge in [0.05, 0.1) is 28.1 Å². The molecule has 4 aromatic rings. The minimum Gasteiger partial charge on any atom is -0.381 e. The van der Waals surface area contributed by atoms with E-state index in [0.29, 0.717) is 24.1 Å². The van der Waals surface area contributed by atoms with Crippen molar-refractivity contribution in [2.75, 3.05) is 55.5 Å². The van der Waals surface area contributed by atoms with Crippen molar-refractivity contribution in [2.24, 2.45) is 0 Å². The quantitative estimate of drug-likeness (QED) is 0.216. The molecule has 1 atom stereocenters. The van der Waals surface area contributed by atoms with E-state index in [0.717, 1.165) is 83.5 Å². The van der Waals surface area contributed by atoms with Crippen LogP contribution in [0, 0.1) is 0 Å². The van der Waals surface area contributed by atoms with E-state index in [1.54, 1.807) is 25.4 Å². The normalized spacial score (nSPS) is 19.8. The van der Waals surface area contributed by atoms with Crippen LogP contribution in [-0.4, -0.2) is 117 Å². The number of nitrogens with one attached hydrogen (secondary N) is 2. The van der Waals surface area contributed by atoms with Crippen molar-refractivity contribution in [2.45, 2.75) is 83.1 Å². The van der Waals surface area contributed by atoms with Crippen molar-refractivity contribution in [1.29, 1.82) is 0 Å². The van der Waals surface area contributed by atoms with Gasteiger partial charge in [-0.2, -0.15) is 10.1 Å². The molecule has 0 aliphatic carbocycles. The smallest absolute Gasteiger partial charge is 0.262 e. The molecule has 4 aliphatic rings. The minimum absolute atomic E-state index is 0.0786. The SMILES string of the molecule is COC1CCN(c2nccc(Nc3cc4c(cn3)c(N3CCC(N(C)Cc5cc6c(cc5Br)C(=O)N(C5CCC(=O)NC5=O)C6=O)CC3)nn4C(C)C)n2)CC1. The number of nitrogens with zero attached hydrogens (tertiary/aromatic N) is 9. The highest BCUT2D eigenvalue weighted by Crippen LogP contribution is 2.35. The Morgan fingerprint density at radius 2 is 1.66 bits per heavy atom. The van der Waals surface area contributed by atoms with Gasteiger partial charge in [0.2, 0.25) is 17.8 Å². The van der Waals surface area contributed by atoms with Crippen molar-refractivity contribution in [3.63, 3.8) is 0 Å². The second-order valence-electron chi connectivity index (χ2n) is 15.3. The molecule has 294 valence electrons. The number of fused-ring (bicyclic) bond motifs is 2. The lowest BCUT2D eigenvalue weighted by molar-refractivity contribution is -0.136. The van der Waals surface area contributed by atoms with Gasteiger partial charge in [0.15, 0.2) is 5.82 Å². The number of aromatic nitrogens is 5. The van der Waals surface area contributed by atoms with E-state index in [4.69, 9.17) is 19.8 Å². The molecule has 0 radical (unpaired) electrons. The Labute approximate surface area is 333 Å². The average Bonchev–Trinajstić information content (AvgIpc) is 3.69. The molecule has 3 aromatic heterocycles. The number of anilines is 4. The van der Waals surface area contributed by atoms with E-state index in [9.17, 15) is 19.2 Å². The van der Waals surface area contributed by atoms with Gasteiger partial charge in [0.1, 0.15) is 17.7 Å². The predicted molar refractivity (Wildman–Crippen MR) is 213 cm³/mol. The zero-order valence-electron chi connectivity index (χ0n) is 32.0. The largest absolute Gasteiger partial charge is 0.381 e. The summed E-state index contributed by atoms with van der Waals surface area (Å²) in [5.41, 5.74) is 2.41. The lowest BCUT2D eigenvalue weighted by Gasteiger charge is -2.37. The van der Waals surface area contributed by atoms with Crippen molar-refractivity contribution in [3.8, 4) is 0 Å². The molecule has 56 heavy (non-hydrogen) atoms. The fourth-order valence-corrected chi connectivity index (χ4v) is 8.75. The fraction of sp³-hybridized carbons (Fsp3) is 0.487. The van der Waals surface area contributed by atoms with Crippen LogP contribution in [0.1, 0.15) is 84.7 Å². The topological polar surface area (TPSA) is 171 Å². The number of ether oxygens (including phenoxy) is 1. The molecule has 3 saturated heterocycles. The molecule has 4 aliphatic heterocycles. The zero-order valence-corrected chi connectivity index (χ0v) is 33.6. The highest BCUT2D eigenvalue weighted by molar-refractivity contribution is 9.10. The number of benzene rings is 1. The number of amides is 4. The summed E-state index contributed by atoms with van der Waals surface area (Å²) in [7, 11) is 3.84. The first-order valence-electron chi connectivity index (χ1n) is 19.2. The number of halogens is 1. The molecule has 4 amide bonds. The molecular formula is C39H46BrN11O5. The standard InChI is InChI=1S/C39H46BrN11O5/c1-22(2)51-31-19-33(43-32-7-12-41-39(44-32)49-15-10-25(56-4)11-16-49)42-20-28(31)35(46-51)48-13-8-24(9-14-48)47(3)21-23-17-26-27(18-29(23)40)38(55)50(37(26)54)30-5-6-34(52)45-36(30)53/h7,12,17-20,22,24-25,30H,5-6,8-11,13-16,21H2,1-4H3,(H,45,52,53)(H,41,42,43,44). The Hall–Kier alpha value is -5.00. The number of imide groups is 2. The second-order valence-corrected chi connectivity index (χ2v) is 16.2. The van der Waals surface area contributed by atoms with E-state index in [-0.39, 0.29) is 42.2 Å². The number of carbonyl (C=O) groups excluding carboxylic acids is 4. The molecule has 3 fully saturated rings. The van der Waals surface area contributed by atoms with Crippen LogP contribution in [0.2, 0.25) is 0 Å². The first-order chi connectivity index (χ1) is 27.0. The molecule has 16 nitrogen and oxygen atoms in total.